The first-order valence-electron chi connectivity index (χ1n) is 14.2. The van der Waals surface area contributed by atoms with E-state index in [4.69, 9.17) is 21.1 Å². The smallest absolute Gasteiger partial charge is 0.329 e. The molecule has 218 valence electrons. The summed E-state index contributed by atoms with van der Waals surface area (Å²) in [5, 5.41) is 0.410. The molecule has 1 spiro atoms. The Hall–Kier alpha value is -4.62. The first-order valence-corrected chi connectivity index (χ1v) is 14.6. The highest BCUT2D eigenvalue weighted by atomic mass is 35.5. The van der Waals surface area contributed by atoms with Gasteiger partial charge >= 0.3 is 11.9 Å². The summed E-state index contributed by atoms with van der Waals surface area (Å²) >= 11 is 6.93. The Labute approximate surface area is 255 Å². The minimum atomic E-state index is -1.59. The zero-order valence-corrected chi connectivity index (χ0v) is 24.6. The molecular formula is C35H31ClN2O5. The number of hydrogen-bond donors (Lipinski definition) is 0. The van der Waals surface area contributed by atoms with Gasteiger partial charge in [-0.1, -0.05) is 96.5 Å². The lowest BCUT2D eigenvalue weighted by molar-refractivity contribution is -0.157. The molecule has 1 saturated heterocycles. The molecule has 2 aliphatic rings. The number of nitrogens with zero attached hydrogens (tertiary/aromatic N) is 2. The number of fused-ring (bicyclic) bond motifs is 2. The average molecular weight is 595 g/mol. The van der Waals surface area contributed by atoms with Gasteiger partial charge in [0.25, 0.3) is 0 Å². The lowest BCUT2D eigenvalue weighted by Gasteiger charge is -2.37. The molecule has 1 amide bonds. The van der Waals surface area contributed by atoms with Gasteiger partial charge < -0.3 is 19.3 Å². The number of carbonyl (C=O) groups is 3. The summed E-state index contributed by atoms with van der Waals surface area (Å²) in [4.78, 5) is 47.0. The molecule has 6 rings (SSSR count). The summed E-state index contributed by atoms with van der Waals surface area (Å²) in [5.41, 5.74) is 1.88. The molecule has 43 heavy (non-hydrogen) atoms. The van der Waals surface area contributed by atoms with Crippen LogP contribution in [0.4, 0.5) is 11.4 Å². The van der Waals surface area contributed by atoms with Gasteiger partial charge in [-0.2, -0.15) is 0 Å². The Bertz CT molecular complexity index is 1660. The van der Waals surface area contributed by atoms with Crippen LogP contribution in [-0.4, -0.2) is 37.6 Å². The molecule has 2 heterocycles. The number of ether oxygens (including phenoxy) is 2. The van der Waals surface area contributed by atoms with Crippen molar-refractivity contribution in [2.45, 2.75) is 31.0 Å². The standard InChI is InChI=1S/C35H31ClN2O5/c1-3-43-33(40)30-29(32(39)42-2)35(31(25-18-10-12-20-27(25)36)38(30)24-16-8-5-9-17-24)26-19-11-13-21-28(26)37(34(35)41)22-23-14-6-4-7-15-23/h4-21,29-31H,3,22H2,1-2H3/t29-,30-,31-,35+/m0/s1. The van der Waals surface area contributed by atoms with Crippen LogP contribution >= 0.6 is 11.6 Å². The van der Waals surface area contributed by atoms with E-state index in [2.05, 4.69) is 0 Å². The number of hydrogen-bond acceptors (Lipinski definition) is 6. The molecule has 4 atom stereocenters. The molecule has 8 heteroatoms. The number of benzene rings is 4. The second kappa shape index (κ2) is 11.6. The molecule has 4 aromatic carbocycles. The monoisotopic (exact) mass is 594 g/mol. The maximum atomic E-state index is 15.3. The molecule has 2 aliphatic heterocycles. The van der Waals surface area contributed by atoms with E-state index in [1.165, 1.54) is 7.11 Å². The van der Waals surface area contributed by atoms with E-state index in [1.807, 2.05) is 108 Å². The maximum absolute atomic E-state index is 15.3. The van der Waals surface area contributed by atoms with E-state index in [1.54, 1.807) is 17.9 Å². The summed E-state index contributed by atoms with van der Waals surface area (Å²) in [6.45, 7) is 2.09. The van der Waals surface area contributed by atoms with E-state index in [9.17, 15) is 9.59 Å². The zero-order valence-electron chi connectivity index (χ0n) is 23.9. The topological polar surface area (TPSA) is 76.2 Å². The third kappa shape index (κ3) is 4.46. The highest BCUT2D eigenvalue weighted by Crippen LogP contribution is 2.63. The van der Waals surface area contributed by atoms with Gasteiger partial charge in [-0.05, 0) is 47.9 Å². The first kappa shape index (κ1) is 28.5. The van der Waals surface area contributed by atoms with Crippen LogP contribution in [0.15, 0.2) is 109 Å². The number of rotatable bonds is 7. The van der Waals surface area contributed by atoms with Crippen LogP contribution in [0, 0.1) is 5.92 Å². The fourth-order valence-electron chi connectivity index (χ4n) is 6.88. The van der Waals surface area contributed by atoms with Crippen LogP contribution in [-0.2, 0) is 35.8 Å². The van der Waals surface area contributed by atoms with Crippen molar-refractivity contribution in [2.75, 3.05) is 23.5 Å². The van der Waals surface area contributed by atoms with Gasteiger partial charge in [0.2, 0.25) is 5.91 Å². The second-order valence-electron chi connectivity index (χ2n) is 10.6. The SMILES string of the molecule is CCOC(=O)[C@@H]1[C@@H](C(=O)OC)[C@@]2(C(=O)N(Cc3ccccc3)c3ccccc32)[C@H](c2ccccc2Cl)N1c1ccccc1. The van der Waals surface area contributed by atoms with E-state index < -0.39 is 35.4 Å². The van der Waals surface area contributed by atoms with E-state index in [0.717, 1.165) is 5.56 Å². The molecule has 1 fully saturated rings. The molecule has 0 aromatic heterocycles. The van der Waals surface area contributed by atoms with Crippen molar-refractivity contribution >= 4 is 40.8 Å². The molecule has 0 aliphatic carbocycles. The van der Waals surface area contributed by atoms with Gasteiger partial charge in [0.15, 0.2) is 0 Å². The number of methoxy groups -OCH3 is 1. The fraction of sp³-hybridized carbons (Fsp3) is 0.229. The van der Waals surface area contributed by atoms with Gasteiger partial charge in [-0.15, -0.1) is 0 Å². The van der Waals surface area contributed by atoms with Crippen molar-refractivity contribution in [1.29, 1.82) is 0 Å². The number of para-hydroxylation sites is 2. The van der Waals surface area contributed by atoms with Crippen molar-refractivity contribution in [3.05, 3.63) is 131 Å². The molecule has 0 N–H and O–H groups in total. The second-order valence-corrected chi connectivity index (χ2v) is 11.0. The molecule has 0 bridgehead atoms. The van der Waals surface area contributed by atoms with Crippen LogP contribution in [0.2, 0.25) is 5.02 Å². The van der Waals surface area contributed by atoms with Crippen LogP contribution in [0.1, 0.15) is 29.7 Å². The Morgan fingerprint density at radius 2 is 1.47 bits per heavy atom. The third-order valence-electron chi connectivity index (χ3n) is 8.48. The first-order chi connectivity index (χ1) is 20.9. The van der Waals surface area contributed by atoms with Gasteiger partial charge in [0.05, 0.1) is 26.3 Å². The van der Waals surface area contributed by atoms with E-state index in [-0.39, 0.29) is 19.1 Å². The minimum Gasteiger partial charge on any atom is -0.469 e. The Morgan fingerprint density at radius 1 is 0.837 bits per heavy atom. The third-order valence-corrected chi connectivity index (χ3v) is 8.82. The molecule has 4 aromatic rings. The van der Waals surface area contributed by atoms with Gasteiger partial charge in [-0.3, -0.25) is 9.59 Å². The lowest BCUT2D eigenvalue weighted by atomic mass is 9.65. The number of halogens is 1. The average Bonchev–Trinajstić information content (AvgIpc) is 3.48. The van der Waals surface area contributed by atoms with Crippen molar-refractivity contribution in [3.8, 4) is 0 Å². The number of carbonyl (C=O) groups excluding carboxylic acids is 3. The maximum Gasteiger partial charge on any atom is 0.329 e. The molecule has 0 unspecified atom stereocenters. The predicted molar refractivity (Wildman–Crippen MR) is 165 cm³/mol. The van der Waals surface area contributed by atoms with Gasteiger partial charge in [0.1, 0.15) is 17.4 Å². The highest BCUT2D eigenvalue weighted by molar-refractivity contribution is 6.31. The van der Waals surface area contributed by atoms with Crippen molar-refractivity contribution in [2.24, 2.45) is 5.92 Å². The number of amides is 1. The Morgan fingerprint density at radius 3 is 2.14 bits per heavy atom. The largest absolute Gasteiger partial charge is 0.469 e. The van der Waals surface area contributed by atoms with Crippen LogP contribution in [0.3, 0.4) is 0 Å². The number of anilines is 2. The molecular weight excluding hydrogens is 564 g/mol. The van der Waals surface area contributed by atoms with Gasteiger partial charge in [-0.25, -0.2) is 4.79 Å². The Kier molecular flexibility index (Phi) is 7.67. The fourth-order valence-corrected chi connectivity index (χ4v) is 7.11. The van der Waals surface area contributed by atoms with E-state index >= 15 is 4.79 Å². The number of esters is 2. The zero-order chi connectivity index (χ0) is 30.1. The molecule has 0 saturated carbocycles. The summed E-state index contributed by atoms with van der Waals surface area (Å²) < 4.78 is 11.0. The highest BCUT2D eigenvalue weighted by Gasteiger charge is 2.73. The van der Waals surface area contributed by atoms with Crippen LogP contribution < -0.4 is 9.80 Å². The normalized spacial score (nSPS) is 22.5. The van der Waals surface area contributed by atoms with Gasteiger partial charge in [0, 0.05) is 16.4 Å². The van der Waals surface area contributed by atoms with E-state index in [0.29, 0.717) is 27.5 Å². The summed E-state index contributed by atoms with van der Waals surface area (Å²) in [6, 6.07) is 31.6. The summed E-state index contributed by atoms with van der Waals surface area (Å²) in [7, 11) is 1.28. The lowest BCUT2D eigenvalue weighted by Crippen LogP contribution is -2.51. The molecule has 0 radical (unpaired) electrons. The van der Waals surface area contributed by atoms with Crippen molar-refractivity contribution in [3.63, 3.8) is 0 Å². The Balaban J connectivity index is 1.70. The molecule has 7 nitrogen and oxygen atoms in total. The predicted octanol–water partition coefficient (Wildman–Crippen LogP) is 6.11. The summed E-state index contributed by atoms with van der Waals surface area (Å²) in [5.74, 6) is -2.88. The van der Waals surface area contributed by atoms with Crippen LogP contribution in [0.25, 0.3) is 0 Å². The van der Waals surface area contributed by atoms with Crippen LogP contribution in [0.5, 0.6) is 0 Å². The quantitative estimate of drug-likeness (QED) is 0.240. The summed E-state index contributed by atoms with van der Waals surface area (Å²) in [6.07, 6.45) is 0. The van der Waals surface area contributed by atoms with Crippen molar-refractivity contribution < 1.29 is 23.9 Å². The van der Waals surface area contributed by atoms with Crippen molar-refractivity contribution in [1.82, 2.24) is 0 Å². The minimum absolute atomic E-state index is 0.0975.